The Morgan fingerprint density at radius 1 is 0.857 bits per heavy atom. The molecule has 0 aliphatic heterocycles. The number of aliphatic carboxylic acids is 1. The first-order valence-electron chi connectivity index (χ1n) is 11.7. The number of hydrogen-bond donors (Lipinski definition) is 1. The number of rotatable bonds is 8. The summed E-state index contributed by atoms with van der Waals surface area (Å²) in [6, 6.07) is 30.5. The molecule has 0 aliphatic carbocycles. The smallest absolute Gasteiger partial charge is 0.342 e. The van der Waals surface area contributed by atoms with E-state index in [9.17, 15) is 9.90 Å². The van der Waals surface area contributed by atoms with Crippen LogP contribution in [0.3, 0.4) is 0 Å². The molecule has 0 heterocycles. The van der Waals surface area contributed by atoms with E-state index in [1.54, 1.807) is 6.08 Å². The summed E-state index contributed by atoms with van der Waals surface area (Å²) in [6.45, 7) is 7.02. The van der Waals surface area contributed by atoms with Gasteiger partial charge < -0.3 is 9.84 Å². The Balaban J connectivity index is 1.37. The molecule has 0 unspecified atom stereocenters. The molecular weight excluding hydrogens is 452 g/mol. The van der Waals surface area contributed by atoms with Crippen LogP contribution in [0, 0.1) is 0 Å². The van der Waals surface area contributed by atoms with Crippen LogP contribution in [-0.4, -0.2) is 11.1 Å². The molecule has 0 aliphatic rings. The van der Waals surface area contributed by atoms with Crippen molar-refractivity contribution in [1.82, 2.24) is 0 Å². The van der Waals surface area contributed by atoms with Crippen LogP contribution in [0.5, 0.6) is 5.75 Å². The van der Waals surface area contributed by atoms with Gasteiger partial charge in [-0.05, 0) is 62.7 Å². The van der Waals surface area contributed by atoms with Gasteiger partial charge in [-0.3, -0.25) is 0 Å². The van der Waals surface area contributed by atoms with Crippen molar-refractivity contribution in [2.75, 3.05) is 0 Å². The summed E-state index contributed by atoms with van der Waals surface area (Å²) in [4.78, 5) is 12.1. The van der Waals surface area contributed by atoms with E-state index < -0.39 is 5.97 Å². The topological polar surface area (TPSA) is 46.5 Å². The number of fused-ring (bicyclic) bond motifs is 1. The van der Waals surface area contributed by atoms with Gasteiger partial charge in [-0.2, -0.15) is 0 Å². The van der Waals surface area contributed by atoms with E-state index in [1.807, 2.05) is 36.4 Å². The Hall–Kier alpha value is -3.50. The second-order valence-corrected chi connectivity index (χ2v) is 10.6. The van der Waals surface area contributed by atoms with Crippen LogP contribution in [0.15, 0.2) is 95.9 Å². The van der Waals surface area contributed by atoms with E-state index >= 15 is 0 Å². The van der Waals surface area contributed by atoms with Gasteiger partial charge in [-0.1, -0.05) is 93.6 Å². The van der Waals surface area contributed by atoms with Gasteiger partial charge in [-0.25, -0.2) is 4.79 Å². The maximum Gasteiger partial charge on any atom is 0.342 e. The van der Waals surface area contributed by atoms with Gasteiger partial charge in [0.2, 0.25) is 0 Å². The molecule has 0 saturated carbocycles. The van der Waals surface area contributed by atoms with Gasteiger partial charge in [0.1, 0.15) is 12.4 Å². The van der Waals surface area contributed by atoms with Crippen LogP contribution in [0.4, 0.5) is 0 Å². The van der Waals surface area contributed by atoms with Crippen LogP contribution in [0.25, 0.3) is 16.8 Å². The number of carbonyl (C=O) groups is 1. The molecule has 0 amide bonds. The van der Waals surface area contributed by atoms with Gasteiger partial charge >= 0.3 is 5.97 Å². The first-order chi connectivity index (χ1) is 16.8. The highest BCUT2D eigenvalue weighted by molar-refractivity contribution is 8.03. The summed E-state index contributed by atoms with van der Waals surface area (Å²) in [5.74, 6) is 0.437. The van der Waals surface area contributed by atoms with Crippen LogP contribution in [-0.2, 0) is 22.6 Å². The minimum Gasteiger partial charge on any atom is -0.489 e. The van der Waals surface area contributed by atoms with E-state index in [0.29, 0.717) is 17.3 Å². The fourth-order valence-electron chi connectivity index (χ4n) is 3.73. The molecule has 4 aromatic rings. The number of ether oxygens (including phenoxy) is 1. The maximum atomic E-state index is 11.8. The summed E-state index contributed by atoms with van der Waals surface area (Å²) in [7, 11) is 0. The van der Waals surface area contributed by atoms with Crippen molar-refractivity contribution in [2.45, 2.75) is 38.5 Å². The lowest BCUT2D eigenvalue weighted by atomic mass is 9.87. The largest absolute Gasteiger partial charge is 0.489 e. The lowest BCUT2D eigenvalue weighted by Gasteiger charge is -2.19. The van der Waals surface area contributed by atoms with Gasteiger partial charge in [0.05, 0.1) is 4.91 Å². The Morgan fingerprint density at radius 3 is 2.17 bits per heavy atom. The number of carboxylic acids is 1. The van der Waals surface area contributed by atoms with Crippen LogP contribution in [0.2, 0.25) is 0 Å². The summed E-state index contributed by atoms with van der Waals surface area (Å²) in [5, 5.41) is 12.1. The Labute approximate surface area is 211 Å². The molecule has 178 valence electrons. The zero-order valence-electron chi connectivity index (χ0n) is 20.3. The highest BCUT2D eigenvalue weighted by atomic mass is 32.2. The minimum absolute atomic E-state index is 0.100. The minimum atomic E-state index is -0.919. The average Bonchev–Trinajstić information content (AvgIpc) is 2.85. The molecule has 0 radical (unpaired) electrons. The first kappa shape index (κ1) is 24.6. The number of benzene rings is 4. The van der Waals surface area contributed by atoms with Crippen molar-refractivity contribution in [3.63, 3.8) is 0 Å². The molecule has 4 heteroatoms. The molecule has 3 nitrogen and oxygen atoms in total. The van der Waals surface area contributed by atoms with E-state index in [4.69, 9.17) is 4.74 Å². The highest BCUT2D eigenvalue weighted by Gasteiger charge is 2.14. The van der Waals surface area contributed by atoms with Crippen LogP contribution in [0.1, 0.15) is 43.0 Å². The summed E-state index contributed by atoms with van der Waals surface area (Å²) in [5.41, 5.74) is 4.41. The average molecular weight is 483 g/mol. The van der Waals surface area contributed by atoms with Gasteiger partial charge in [0.25, 0.3) is 0 Å². The van der Waals surface area contributed by atoms with Crippen molar-refractivity contribution in [3.05, 3.63) is 118 Å². The molecule has 0 fully saturated rings. The lowest BCUT2D eigenvalue weighted by molar-refractivity contribution is -0.131. The molecule has 0 bridgehead atoms. The van der Waals surface area contributed by atoms with Crippen LogP contribution < -0.4 is 4.74 Å². The predicted octanol–water partition coefficient (Wildman–Crippen LogP) is 8.08. The first-order valence-corrected chi connectivity index (χ1v) is 12.6. The molecule has 0 saturated heterocycles. The van der Waals surface area contributed by atoms with Gasteiger partial charge in [0, 0.05) is 5.75 Å². The highest BCUT2D eigenvalue weighted by Crippen LogP contribution is 2.27. The molecular formula is C31H30O3S. The molecule has 1 N–H and O–H groups in total. The zero-order chi connectivity index (χ0) is 24.8. The van der Waals surface area contributed by atoms with E-state index in [2.05, 4.69) is 75.4 Å². The maximum absolute atomic E-state index is 11.8. The SMILES string of the molecule is CC(C)(C)c1ccc(CSC(=Cc2ccc(OCc3ccc4ccccc4c3)cc2)C(=O)O)cc1. The van der Waals surface area contributed by atoms with Crippen molar-refractivity contribution in [1.29, 1.82) is 0 Å². The Kier molecular flexibility index (Phi) is 7.62. The molecule has 0 atom stereocenters. The summed E-state index contributed by atoms with van der Waals surface area (Å²) in [6.07, 6.45) is 1.71. The number of hydrogen-bond acceptors (Lipinski definition) is 3. The zero-order valence-corrected chi connectivity index (χ0v) is 21.1. The Morgan fingerprint density at radius 2 is 1.51 bits per heavy atom. The third-order valence-corrected chi connectivity index (χ3v) is 6.90. The quantitative estimate of drug-likeness (QED) is 0.258. The molecule has 4 rings (SSSR count). The molecule has 35 heavy (non-hydrogen) atoms. The third-order valence-electron chi connectivity index (χ3n) is 5.82. The second kappa shape index (κ2) is 10.8. The van der Waals surface area contributed by atoms with Crippen molar-refractivity contribution >= 4 is 34.6 Å². The summed E-state index contributed by atoms with van der Waals surface area (Å²) >= 11 is 1.33. The molecule has 0 aromatic heterocycles. The fraction of sp³-hybridized carbons (Fsp3) is 0.194. The fourth-order valence-corrected chi connectivity index (χ4v) is 4.59. The number of carboxylic acid groups (broad SMARTS) is 1. The van der Waals surface area contributed by atoms with Crippen molar-refractivity contribution < 1.29 is 14.6 Å². The predicted molar refractivity (Wildman–Crippen MR) is 147 cm³/mol. The summed E-state index contributed by atoms with van der Waals surface area (Å²) < 4.78 is 5.94. The monoisotopic (exact) mass is 482 g/mol. The molecule has 0 spiro atoms. The second-order valence-electron chi connectivity index (χ2n) is 9.59. The third kappa shape index (κ3) is 6.77. The molecule has 4 aromatic carbocycles. The van der Waals surface area contributed by atoms with Crippen LogP contribution >= 0.6 is 11.8 Å². The van der Waals surface area contributed by atoms with E-state index in [0.717, 1.165) is 22.4 Å². The van der Waals surface area contributed by atoms with E-state index in [-0.39, 0.29) is 5.41 Å². The lowest BCUT2D eigenvalue weighted by Crippen LogP contribution is -2.10. The normalized spacial score (nSPS) is 12.0. The van der Waals surface area contributed by atoms with Crippen molar-refractivity contribution in [2.24, 2.45) is 0 Å². The van der Waals surface area contributed by atoms with Gasteiger partial charge in [0.15, 0.2) is 0 Å². The van der Waals surface area contributed by atoms with Crippen molar-refractivity contribution in [3.8, 4) is 5.75 Å². The Bertz CT molecular complexity index is 1330. The van der Waals surface area contributed by atoms with Gasteiger partial charge in [-0.15, -0.1) is 11.8 Å². The van der Waals surface area contributed by atoms with E-state index in [1.165, 1.54) is 28.1 Å². The standard InChI is InChI=1S/C31H30O3S/c1-31(2,3)27-14-9-23(10-15-27)21-35-29(30(32)33)19-22-11-16-28(17-12-22)34-20-24-8-13-25-6-4-5-7-26(25)18-24/h4-19H,20-21H2,1-3H3,(H,32,33). The number of thioether (sulfide) groups is 1.